The van der Waals surface area contributed by atoms with E-state index in [2.05, 4.69) is 0 Å². The number of fused-ring (bicyclic) bond motifs is 5. The maximum absolute atomic E-state index is 12.5. The standard InChI is InChI=1S/C20H14O2.C6H18O12Si9.C3H7O.Ti/c21-17-11-9-13-5-1-3-7-15(13)19(17)20-16-8-4-2-6-14(16)10-12-18(20)22;1-26(2,3)17-24-13-20-8-19(7)9-21-11-22(10-20)12-23(15-24)16-25(14-21)18-27(4,5)6;1-3(2)4;/h1-12,21-22H;1-6H3;3H,1-2H3;/q;2*-1;+4/p-2. The molecule has 3 aliphatic heterocycles. The van der Waals surface area contributed by atoms with Gasteiger partial charge in [0.15, 0.2) is 16.6 Å². The Bertz CT molecular complexity index is 1700. The molecule has 0 amide bonds. The first kappa shape index (κ1) is 45.8. The normalized spacial score (nSPS) is 18.8. The molecule has 4 aromatic carbocycles. The van der Waals surface area contributed by atoms with E-state index < -0.39 is 89.4 Å². The third kappa shape index (κ3) is 13.6. The van der Waals surface area contributed by atoms with E-state index in [9.17, 15) is 20.1 Å². The Morgan fingerprint density at radius 2 is 0.833 bits per heavy atom. The average Bonchev–Trinajstić information content (AvgIpc) is 3.01. The van der Waals surface area contributed by atoms with Crippen LogP contribution in [0.4, 0.5) is 0 Å². The molecular formula is C29H37O15Si9Ti. The minimum Gasteiger partial charge on any atom is -0.872 e. The Morgan fingerprint density at radius 3 is 1.19 bits per heavy atom. The number of hydrogen-bond acceptors (Lipinski definition) is 15. The van der Waals surface area contributed by atoms with Gasteiger partial charge in [0.1, 0.15) is 0 Å². The van der Waals surface area contributed by atoms with Crippen LogP contribution in [0.2, 0.25) is 39.3 Å². The molecule has 0 saturated carbocycles. The summed E-state index contributed by atoms with van der Waals surface area (Å²) in [6, 6.07) is 22.0. The predicted octanol–water partition coefficient (Wildman–Crippen LogP) is 1.69. The zero-order valence-electron chi connectivity index (χ0n) is 30.6. The third-order valence-corrected chi connectivity index (χ3v) is 24.5. The number of rotatable bonds is 5. The molecule has 3 aliphatic rings. The fraction of sp³-hybridized carbons (Fsp3) is 0.310. The molecule has 7 rings (SSSR count). The molecule has 0 aromatic heterocycles. The van der Waals surface area contributed by atoms with Crippen LogP contribution < -0.4 is 20.1 Å². The Hall–Kier alpha value is -0.854. The van der Waals surface area contributed by atoms with Crippen LogP contribution in [-0.4, -0.2) is 89.4 Å². The summed E-state index contributed by atoms with van der Waals surface area (Å²) in [7, 11) is -21.4. The van der Waals surface area contributed by atoms with E-state index in [1.807, 2.05) is 87.8 Å². The summed E-state index contributed by atoms with van der Waals surface area (Å²) in [6.07, 6.45) is -0.417. The van der Waals surface area contributed by atoms with Gasteiger partial charge in [-0.15, -0.1) is 17.6 Å². The van der Waals surface area contributed by atoms with Gasteiger partial charge < -0.3 is 65.4 Å². The van der Waals surface area contributed by atoms with E-state index in [1.54, 1.807) is 38.1 Å². The quantitative estimate of drug-likeness (QED) is 0.263. The molecule has 54 heavy (non-hydrogen) atoms. The molecule has 4 aromatic rings. The van der Waals surface area contributed by atoms with Crippen molar-refractivity contribution in [2.24, 2.45) is 0 Å². The van der Waals surface area contributed by atoms with Crippen molar-refractivity contribution in [3.63, 3.8) is 0 Å². The molecule has 7 radical (unpaired) electrons. The Labute approximate surface area is 344 Å². The van der Waals surface area contributed by atoms with Crippen LogP contribution >= 0.6 is 0 Å². The van der Waals surface area contributed by atoms with Gasteiger partial charge in [-0.25, -0.2) is 0 Å². The molecule has 4 bridgehead atoms. The maximum atomic E-state index is 12.5. The van der Waals surface area contributed by atoms with E-state index in [-0.39, 0.29) is 33.2 Å². The third-order valence-electron chi connectivity index (χ3n) is 6.31. The van der Waals surface area contributed by atoms with Crippen molar-refractivity contribution in [1.29, 1.82) is 0 Å². The minimum absolute atomic E-state index is 0. The van der Waals surface area contributed by atoms with Gasteiger partial charge in [0.25, 0.3) is 9.53 Å². The van der Waals surface area contributed by atoms with Gasteiger partial charge >= 0.3 is 78.9 Å². The summed E-state index contributed by atoms with van der Waals surface area (Å²) in [5, 5.41) is 38.1. The second kappa shape index (κ2) is 20.2. The van der Waals surface area contributed by atoms with Crippen LogP contribution in [0.5, 0.6) is 11.5 Å². The number of benzene rings is 4. The van der Waals surface area contributed by atoms with Crippen molar-refractivity contribution in [2.75, 3.05) is 0 Å². The smallest absolute Gasteiger partial charge is 0.872 e. The maximum Gasteiger partial charge on any atom is 4.00 e. The molecule has 283 valence electrons. The second-order valence-electron chi connectivity index (χ2n) is 13.5. The number of hydrogen-bond donors (Lipinski definition) is 0. The fourth-order valence-corrected chi connectivity index (χ4v) is 23.7. The summed E-state index contributed by atoms with van der Waals surface area (Å²) in [4.78, 5) is 12.1. The second-order valence-corrected chi connectivity index (χ2v) is 34.4. The van der Waals surface area contributed by atoms with Crippen molar-refractivity contribution in [3.8, 4) is 22.6 Å². The van der Waals surface area contributed by atoms with E-state index >= 15 is 0 Å². The molecule has 3 heterocycles. The van der Waals surface area contributed by atoms with Gasteiger partial charge in [-0.2, -0.15) is 0 Å². The molecule has 0 N–H and O–H groups in total. The zero-order valence-corrected chi connectivity index (χ0v) is 41.2. The van der Waals surface area contributed by atoms with Crippen molar-refractivity contribution < 1.29 is 87.1 Å². The van der Waals surface area contributed by atoms with E-state index in [0.29, 0.717) is 11.1 Å². The van der Waals surface area contributed by atoms with Crippen LogP contribution in [0.15, 0.2) is 72.8 Å². The monoisotopic (exact) mass is 925 g/mol. The van der Waals surface area contributed by atoms with E-state index in [4.69, 9.17) is 45.3 Å². The topological polar surface area (TPSA) is 194 Å². The largest absolute Gasteiger partial charge is 4.00 e. The van der Waals surface area contributed by atoms with Crippen LogP contribution in [0, 0.1) is 0 Å². The summed E-state index contributed by atoms with van der Waals surface area (Å²) >= 11 is 0. The molecular weight excluding hydrogens is 889 g/mol. The van der Waals surface area contributed by atoms with Gasteiger partial charge in [-0.3, -0.25) is 0 Å². The van der Waals surface area contributed by atoms with Crippen molar-refractivity contribution in [2.45, 2.75) is 59.2 Å². The van der Waals surface area contributed by atoms with Crippen molar-refractivity contribution in [3.05, 3.63) is 72.8 Å². The Kier molecular flexibility index (Phi) is 17.2. The first-order valence-electron chi connectivity index (χ1n) is 16.2. The van der Waals surface area contributed by atoms with Gasteiger partial charge in [0.2, 0.25) is 0 Å². The minimum atomic E-state index is -2.97. The zero-order chi connectivity index (χ0) is 38.5. The Balaban J connectivity index is 0.000000218. The molecule has 3 fully saturated rings. The molecule has 15 nitrogen and oxygen atoms in total. The SMILES string of the molecule is CC(C)[O-].C[Si](C)(C)O[Si]1O[Si]2O[Si]([O-])O[Si]3O[Si](O2)O[Si](O1)O[Si](O[Si](C)(C)C)O3.[O-]c1ccc2ccccc2c1-c1c([O-])ccc2ccccc12.[Ti+4]. The Morgan fingerprint density at radius 1 is 0.519 bits per heavy atom. The first-order valence-corrected chi connectivity index (χ1v) is 31.6. The molecule has 0 unspecified atom stereocenters. The van der Waals surface area contributed by atoms with E-state index in [1.165, 1.54) is 0 Å². The van der Waals surface area contributed by atoms with Crippen LogP contribution in [0.1, 0.15) is 13.8 Å². The predicted molar refractivity (Wildman–Crippen MR) is 200 cm³/mol. The summed E-state index contributed by atoms with van der Waals surface area (Å²) in [6.45, 7) is 15.1. The van der Waals surface area contributed by atoms with Crippen molar-refractivity contribution >= 4 is 105 Å². The van der Waals surface area contributed by atoms with Crippen molar-refractivity contribution in [1.82, 2.24) is 0 Å². The molecule has 3 saturated heterocycles. The average molecular weight is 926 g/mol. The van der Waals surface area contributed by atoms with Crippen LogP contribution in [0.3, 0.4) is 0 Å². The summed E-state index contributed by atoms with van der Waals surface area (Å²) in [5.74, 6) is -0.237. The first-order chi connectivity index (χ1) is 24.9. The molecule has 25 heteroatoms. The van der Waals surface area contributed by atoms with E-state index in [0.717, 1.165) is 21.5 Å². The van der Waals surface area contributed by atoms with Gasteiger partial charge in [-0.05, 0) is 72.0 Å². The fourth-order valence-electron chi connectivity index (χ4n) is 4.53. The molecule has 0 aliphatic carbocycles. The summed E-state index contributed by atoms with van der Waals surface area (Å²) in [5.41, 5.74) is 1.000. The van der Waals surface area contributed by atoms with Gasteiger partial charge in [0.05, 0.1) is 0 Å². The summed E-state index contributed by atoms with van der Waals surface area (Å²) < 4.78 is 62.7. The van der Waals surface area contributed by atoms with Gasteiger partial charge in [0, 0.05) is 0 Å². The molecule has 0 spiro atoms. The van der Waals surface area contributed by atoms with Crippen LogP contribution in [0.25, 0.3) is 32.7 Å². The molecule has 0 atom stereocenters. The van der Waals surface area contributed by atoms with Gasteiger partial charge in [-0.1, -0.05) is 86.6 Å². The van der Waals surface area contributed by atoms with Crippen LogP contribution in [-0.2, 0) is 67.0 Å².